The third-order valence-electron chi connectivity index (χ3n) is 2.65. The number of anilines is 2. The number of aliphatic hydroxyl groups excluding tert-OH is 1. The Morgan fingerprint density at radius 1 is 1.11 bits per heavy atom. The Labute approximate surface area is 115 Å². The summed E-state index contributed by atoms with van der Waals surface area (Å²) in [6.07, 6.45) is 1.74. The first kappa shape index (κ1) is 15.7. The second kappa shape index (κ2) is 7.28. The zero-order chi connectivity index (χ0) is 14.3. The van der Waals surface area contributed by atoms with E-state index >= 15 is 0 Å². The number of rotatable bonds is 7. The molecule has 0 aromatic carbocycles. The summed E-state index contributed by atoms with van der Waals surface area (Å²) in [6, 6.07) is 1.93. The average molecular weight is 266 g/mol. The average Bonchev–Trinajstić information content (AvgIpc) is 2.34. The quantitative estimate of drug-likeness (QED) is 0.661. The molecule has 1 aromatic rings. The Kier molecular flexibility index (Phi) is 6.02. The van der Waals surface area contributed by atoms with Crippen LogP contribution in [0, 0.1) is 0 Å². The summed E-state index contributed by atoms with van der Waals surface area (Å²) in [5.41, 5.74) is -0.0764. The molecule has 19 heavy (non-hydrogen) atoms. The van der Waals surface area contributed by atoms with Gasteiger partial charge in [0.25, 0.3) is 0 Å². The van der Waals surface area contributed by atoms with Crippen LogP contribution in [0.15, 0.2) is 6.07 Å². The Balaban J connectivity index is 2.81. The van der Waals surface area contributed by atoms with Crippen LogP contribution in [0.4, 0.5) is 11.6 Å². The van der Waals surface area contributed by atoms with Crippen molar-refractivity contribution >= 4 is 11.6 Å². The molecule has 5 nitrogen and oxygen atoms in total. The van der Waals surface area contributed by atoms with Crippen molar-refractivity contribution in [2.45, 2.75) is 46.0 Å². The number of nitrogens with zero attached hydrogens (tertiary/aromatic N) is 2. The first-order valence-electron chi connectivity index (χ1n) is 6.95. The Hall–Kier alpha value is -1.36. The Bertz CT molecular complexity index is 388. The minimum absolute atomic E-state index is 0.0764. The molecule has 1 aromatic heterocycles. The van der Waals surface area contributed by atoms with Crippen molar-refractivity contribution < 1.29 is 5.11 Å². The van der Waals surface area contributed by atoms with Crippen LogP contribution in [-0.4, -0.2) is 34.8 Å². The van der Waals surface area contributed by atoms with Gasteiger partial charge in [0.1, 0.15) is 17.5 Å². The zero-order valence-electron chi connectivity index (χ0n) is 12.5. The van der Waals surface area contributed by atoms with Crippen LogP contribution in [-0.2, 0) is 5.41 Å². The summed E-state index contributed by atoms with van der Waals surface area (Å²) in [5, 5.41) is 15.3. The predicted octanol–water partition coefficient (Wildman–Crippen LogP) is 2.39. The van der Waals surface area contributed by atoms with Gasteiger partial charge in [-0.25, -0.2) is 9.97 Å². The molecule has 0 radical (unpaired) electrons. The minimum Gasteiger partial charge on any atom is -0.396 e. The molecule has 3 N–H and O–H groups in total. The van der Waals surface area contributed by atoms with E-state index in [4.69, 9.17) is 5.11 Å². The van der Waals surface area contributed by atoms with Gasteiger partial charge in [-0.3, -0.25) is 0 Å². The molecule has 0 saturated heterocycles. The molecule has 0 spiro atoms. The van der Waals surface area contributed by atoms with Crippen molar-refractivity contribution in [2.24, 2.45) is 0 Å². The van der Waals surface area contributed by atoms with Crippen molar-refractivity contribution in [1.29, 1.82) is 0 Å². The molecule has 0 bridgehead atoms. The first-order valence-corrected chi connectivity index (χ1v) is 6.95. The molecule has 0 aliphatic carbocycles. The van der Waals surface area contributed by atoms with Crippen LogP contribution in [0.5, 0.6) is 0 Å². The zero-order valence-corrected chi connectivity index (χ0v) is 12.5. The van der Waals surface area contributed by atoms with Crippen LogP contribution < -0.4 is 10.6 Å². The van der Waals surface area contributed by atoms with Crippen LogP contribution in [0.1, 0.15) is 46.4 Å². The number of aliphatic hydroxyl groups is 1. The molecule has 0 unspecified atom stereocenters. The van der Waals surface area contributed by atoms with Crippen molar-refractivity contribution in [3.8, 4) is 0 Å². The molecule has 0 fully saturated rings. The van der Waals surface area contributed by atoms with Gasteiger partial charge in [-0.1, -0.05) is 20.8 Å². The van der Waals surface area contributed by atoms with Crippen LogP contribution in [0.2, 0.25) is 0 Å². The number of hydrogen-bond acceptors (Lipinski definition) is 5. The highest BCUT2D eigenvalue weighted by molar-refractivity contribution is 5.48. The molecule has 5 heteroatoms. The van der Waals surface area contributed by atoms with Crippen LogP contribution in [0.25, 0.3) is 0 Å². The summed E-state index contributed by atoms with van der Waals surface area (Å²) in [4.78, 5) is 9.10. The monoisotopic (exact) mass is 266 g/mol. The fraction of sp³-hybridized carbons (Fsp3) is 0.714. The Morgan fingerprint density at radius 3 is 2.26 bits per heavy atom. The third-order valence-corrected chi connectivity index (χ3v) is 2.65. The summed E-state index contributed by atoms with van der Waals surface area (Å²) < 4.78 is 0. The van der Waals surface area contributed by atoms with E-state index in [1.807, 2.05) is 13.0 Å². The molecule has 0 amide bonds. The van der Waals surface area contributed by atoms with Gasteiger partial charge < -0.3 is 15.7 Å². The maximum Gasteiger partial charge on any atom is 0.138 e. The van der Waals surface area contributed by atoms with Gasteiger partial charge >= 0.3 is 0 Å². The van der Waals surface area contributed by atoms with Crippen molar-refractivity contribution in [3.05, 3.63) is 11.9 Å². The second-order valence-electron chi connectivity index (χ2n) is 5.60. The molecular formula is C14H26N4O. The topological polar surface area (TPSA) is 70.1 Å². The maximum atomic E-state index is 8.76. The largest absolute Gasteiger partial charge is 0.396 e. The van der Waals surface area contributed by atoms with E-state index in [-0.39, 0.29) is 12.0 Å². The van der Waals surface area contributed by atoms with Crippen LogP contribution >= 0.6 is 0 Å². The van der Waals surface area contributed by atoms with E-state index in [2.05, 4.69) is 41.4 Å². The molecule has 0 saturated carbocycles. The number of aromatic nitrogens is 2. The summed E-state index contributed by atoms with van der Waals surface area (Å²) >= 11 is 0. The second-order valence-corrected chi connectivity index (χ2v) is 5.60. The summed E-state index contributed by atoms with van der Waals surface area (Å²) in [7, 11) is 0. The van der Waals surface area contributed by atoms with Gasteiger partial charge in [0.05, 0.1) is 0 Å². The van der Waals surface area contributed by atoms with Gasteiger partial charge in [-0.15, -0.1) is 0 Å². The molecule has 0 aliphatic heterocycles. The molecular weight excluding hydrogens is 240 g/mol. The lowest BCUT2D eigenvalue weighted by Crippen LogP contribution is -2.19. The van der Waals surface area contributed by atoms with E-state index in [1.165, 1.54) is 0 Å². The van der Waals surface area contributed by atoms with E-state index in [0.717, 1.165) is 43.4 Å². The lowest BCUT2D eigenvalue weighted by atomic mass is 9.96. The highest BCUT2D eigenvalue weighted by Crippen LogP contribution is 2.22. The standard InChI is InChI=1S/C14H26N4O/c1-5-15-11-10-12(16-8-6-7-9-19)18-13(17-11)14(2,3)4/h10,19H,5-9H2,1-4H3,(H2,15,16,17,18). The van der Waals surface area contributed by atoms with E-state index in [1.54, 1.807) is 0 Å². The highest BCUT2D eigenvalue weighted by Gasteiger charge is 2.18. The first-order chi connectivity index (χ1) is 8.97. The van der Waals surface area contributed by atoms with Crippen molar-refractivity contribution in [2.75, 3.05) is 30.3 Å². The SMILES string of the molecule is CCNc1cc(NCCCCO)nc(C(C)(C)C)n1. The number of hydrogen-bond donors (Lipinski definition) is 3. The predicted molar refractivity (Wildman–Crippen MR) is 79.7 cm³/mol. The molecule has 1 rings (SSSR count). The third kappa shape index (κ3) is 5.42. The fourth-order valence-corrected chi connectivity index (χ4v) is 1.60. The fourth-order valence-electron chi connectivity index (χ4n) is 1.60. The highest BCUT2D eigenvalue weighted by atomic mass is 16.2. The van der Waals surface area contributed by atoms with E-state index in [0.29, 0.717) is 0 Å². The molecule has 0 aliphatic rings. The van der Waals surface area contributed by atoms with Gasteiger partial charge in [0.15, 0.2) is 0 Å². The van der Waals surface area contributed by atoms with Crippen molar-refractivity contribution in [3.63, 3.8) is 0 Å². The molecule has 0 atom stereocenters. The molecule has 1 heterocycles. The van der Waals surface area contributed by atoms with Gasteiger partial charge in [0, 0.05) is 31.2 Å². The lowest BCUT2D eigenvalue weighted by molar-refractivity contribution is 0.286. The lowest BCUT2D eigenvalue weighted by Gasteiger charge is -2.19. The maximum absolute atomic E-state index is 8.76. The van der Waals surface area contributed by atoms with Gasteiger partial charge in [-0.05, 0) is 19.8 Å². The van der Waals surface area contributed by atoms with E-state index in [9.17, 15) is 0 Å². The van der Waals surface area contributed by atoms with Gasteiger partial charge in [-0.2, -0.15) is 0 Å². The summed E-state index contributed by atoms with van der Waals surface area (Å²) in [6.45, 7) is 10.3. The number of unbranched alkanes of at least 4 members (excludes halogenated alkanes) is 1. The smallest absolute Gasteiger partial charge is 0.138 e. The molecule has 108 valence electrons. The Morgan fingerprint density at radius 2 is 1.74 bits per heavy atom. The normalized spacial score (nSPS) is 11.4. The van der Waals surface area contributed by atoms with E-state index < -0.39 is 0 Å². The summed E-state index contributed by atoms with van der Waals surface area (Å²) in [5.74, 6) is 2.52. The van der Waals surface area contributed by atoms with Crippen molar-refractivity contribution in [1.82, 2.24) is 9.97 Å². The minimum atomic E-state index is -0.0764. The number of nitrogens with one attached hydrogen (secondary N) is 2. The van der Waals surface area contributed by atoms with Gasteiger partial charge in [0.2, 0.25) is 0 Å². The van der Waals surface area contributed by atoms with Crippen LogP contribution in [0.3, 0.4) is 0 Å².